The van der Waals surface area contributed by atoms with Crippen LogP contribution >= 0.6 is 23.2 Å². The van der Waals surface area contributed by atoms with E-state index in [2.05, 4.69) is 26.3 Å². The SMILES string of the molecule is COc1cc(-c2nccc(-c3cccc(Nc4cccc(CNC5CCN(C(C)=O)CC5)c4F)c3Cl)c2Cl)ccc1CNC[C@H]1CCC(=O)N1. The number of aromatic nitrogens is 1. The summed E-state index contributed by atoms with van der Waals surface area (Å²) in [5.74, 6) is 0.518. The number of halogens is 3. The first-order valence-corrected chi connectivity index (χ1v) is 17.6. The van der Waals surface area contributed by atoms with Crippen molar-refractivity contribution in [3.8, 4) is 28.1 Å². The topological polar surface area (TPSA) is 108 Å². The third-order valence-corrected chi connectivity index (χ3v) is 10.2. The maximum atomic E-state index is 15.7. The number of benzene rings is 3. The highest BCUT2D eigenvalue weighted by atomic mass is 35.5. The Morgan fingerprint density at radius 2 is 1.74 bits per heavy atom. The Bertz CT molecular complexity index is 1870. The van der Waals surface area contributed by atoms with Crippen molar-refractivity contribution in [3.05, 3.63) is 93.8 Å². The van der Waals surface area contributed by atoms with E-state index in [1.54, 1.807) is 38.4 Å². The molecule has 2 fully saturated rings. The van der Waals surface area contributed by atoms with E-state index in [-0.39, 0.29) is 29.7 Å². The number of anilines is 2. The molecule has 0 unspecified atom stereocenters. The second-order valence-corrected chi connectivity index (χ2v) is 13.5. The normalized spacial score (nSPS) is 16.4. The van der Waals surface area contributed by atoms with Crippen LogP contribution < -0.4 is 26.0 Å². The third kappa shape index (κ3) is 8.21. The molecule has 262 valence electrons. The molecular formula is C38H41Cl2FN6O3. The van der Waals surface area contributed by atoms with Gasteiger partial charge in [-0.05, 0) is 43.5 Å². The van der Waals surface area contributed by atoms with Crippen LogP contribution in [0.4, 0.5) is 15.8 Å². The molecule has 1 aromatic heterocycles. The van der Waals surface area contributed by atoms with Crippen LogP contribution in [0.5, 0.6) is 5.75 Å². The molecule has 4 aromatic rings. The smallest absolute Gasteiger partial charge is 0.220 e. The van der Waals surface area contributed by atoms with Gasteiger partial charge in [0, 0.05) is 92.2 Å². The van der Waals surface area contributed by atoms with E-state index in [9.17, 15) is 9.59 Å². The fourth-order valence-corrected chi connectivity index (χ4v) is 7.15. The average molecular weight is 720 g/mol. The number of ether oxygens (including phenoxy) is 1. The van der Waals surface area contributed by atoms with Gasteiger partial charge in [0.1, 0.15) is 5.75 Å². The van der Waals surface area contributed by atoms with E-state index in [1.165, 1.54) is 0 Å². The number of rotatable bonds is 12. The predicted octanol–water partition coefficient (Wildman–Crippen LogP) is 7.08. The summed E-state index contributed by atoms with van der Waals surface area (Å²) in [7, 11) is 1.62. The fraction of sp³-hybridized carbons (Fsp3) is 0.342. The van der Waals surface area contributed by atoms with Crippen LogP contribution in [-0.4, -0.2) is 60.5 Å². The maximum absolute atomic E-state index is 15.7. The van der Waals surface area contributed by atoms with E-state index in [1.807, 2.05) is 47.4 Å². The van der Waals surface area contributed by atoms with E-state index in [0.717, 1.165) is 30.4 Å². The van der Waals surface area contributed by atoms with Crippen LogP contribution in [0, 0.1) is 5.82 Å². The number of amides is 2. The van der Waals surface area contributed by atoms with Crippen molar-refractivity contribution in [2.24, 2.45) is 0 Å². The Hall–Kier alpha value is -4.22. The first kappa shape index (κ1) is 35.6. The Labute approximate surface area is 301 Å². The minimum absolute atomic E-state index is 0.0896. The number of pyridine rings is 1. The second kappa shape index (κ2) is 16.2. The molecule has 9 nitrogen and oxygen atoms in total. The van der Waals surface area contributed by atoms with Crippen molar-refractivity contribution in [2.75, 3.05) is 32.1 Å². The molecule has 12 heteroatoms. The molecule has 0 spiro atoms. The quantitative estimate of drug-likeness (QED) is 0.124. The largest absolute Gasteiger partial charge is 0.496 e. The molecule has 50 heavy (non-hydrogen) atoms. The molecule has 0 bridgehead atoms. The lowest BCUT2D eigenvalue weighted by molar-refractivity contribution is -0.130. The number of likely N-dealkylation sites (tertiary alicyclic amines) is 1. The summed E-state index contributed by atoms with van der Waals surface area (Å²) in [6.07, 6.45) is 4.75. The summed E-state index contributed by atoms with van der Waals surface area (Å²) in [6.45, 7) is 4.63. The van der Waals surface area contributed by atoms with Gasteiger partial charge >= 0.3 is 0 Å². The van der Waals surface area contributed by atoms with Gasteiger partial charge in [0.2, 0.25) is 11.8 Å². The number of nitrogens with zero attached hydrogens (tertiary/aromatic N) is 2. The number of methoxy groups -OCH3 is 1. The molecule has 0 aliphatic carbocycles. The summed E-state index contributed by atoms with van der Waals surface area (Å²) in [5.41, 5.74) is 5.07. The van der Waals surface area contributed by atoms with Crippen molar-refractivity contribution in [1.82, 2.24) is 25.8 Å². The summed E-state index contributed by atoms with van der Waals surface area (Å²) in [4.78, 5) is 29.6. The van der Waals surface area contributed by atoms with Crippen LogP contribution in [0.1, 0.15) is 43.7 Å². The standard InChI is InChI=1S/C38H41Cl2FN6O3/c1-23(48)47-17-14-27(15-18-47)44-21-26-5-3-8-32(37(26)41)46-31-7-4-6-29(35(31)39)30-13-16-43-38(36(30)40)24-9-10-25(33(19-24)50-2)20-42-22-28-11-12-34(49)45-28/h3-10,13,16,19,27-28,42,44,46H,11-12,14-15,17-18,20-22H2,1-2H3,(H,45,49)/t28-/m1/s1. The second-order valence-electron chi connectivity index (χ2n) is 12.7. The molecule has 3 heterocycles. The molecule has 2 aliphatic rings. The fourth-order valence-electron chi connectivity index (χ4n) is 6.55. The number of hydrogen-bond donors (Lipinski definition) is 4. The predicted molar refractivity (Wildman–Crippen MR) is 196 cm³/mol. The Kier molecular flexibility index (Phi) is 11.5. The summed E-state index contributed by atoms with van der Waals surface area (Å²) in [5, 5.41) is 13.8. The third-order valence-electron chi connectivity index (χ3n) is 9.40. The summed E-state index contributed by atoms with van der Waals surface area (Å²) >= 11 is 14.0. The van der Waals surface area contributed by atoms with Gasteiger partial charge in [-0.15, -0.1) is 0 Å². The van der Waals surface area contributed by atoms with Gasteiger partial charge in [0.15, 0.2) is 5.82 Å². The zero-order valence-electron chi connectivity index (χ0n) is 28.1. The van der Waals surface area contributed by atoms with Gasteiger partial charge in [-0.3, -0.25) is 14.6 Å². The average Bonchev–Trinajstić information content (AvgIpc) is 3.54. The van der Waals surface area contributed by atoms with Gasteiger partial charge < -0.3 is 30.9 Å². The van der Waals surface area contributed by atoms with Gasteiger partial charge in [0.25, 0.3) is 0 Å². The highest BCUT2D eigenvalue weighted by Gasteiger charge is 2.22. The minimum atomic E-state index is -0.357. The number of hydrogen-bond acceptors (Lipinski definition) is 7. The lowest BCUT2D eigenvalue weighted by Crippen LogP contribution is -2.44. The summed E-state index contributed by atoms with van der Waals surface area (Å²) in [6, 6.07) is 18.8. The highest BCUT2D eigenvalue weighted by Crippen LogP contribution is 2.42. The van der Waals surface area contributed by atoms with Crippen LogP contribution in [0.2, 0.25) is 10.0 Å². The number of carbonyl (C=O) groups excluding carboxylic acids is 2. The van der Waals surface area contributed by atoms with Crippen LogP contribution in [0.25, 0.3) is 22.4 Å². The van der Waals surface area contributed by atoms with E-state index in [0.29, 0.717) is 88.7 Å². The van der Waals surface area contributed by atoms with E-state index >= 15 is 4.39 Å². The minimum Gasteiger partial charge on any atom is -0.496 e. The molecule has 2 amide bonds. The molecule has 0 saturated carbocycles. The van der Waals surface area contributed by atoms with Crippen LogP contribution in [0.3, 0.4) is 0 Å². The molecule has 3 aromatic carbocycles. The number of piperidine rings is 1. The molecule has 2 saturated heterocycles. The Balaban J connectivity index is 1.16. The van der Waals surface area contributed by atoms with Crippen molar-refractivity contribution in [2.45, 2.75) is 57.8 Å². The van der Waals surface area contributed by atoms with Gasteiger partial charge in [-0.1, -0.05) is 59.6 Å². The van der Waals surface area contributed by atoms with E-state index in [4.69, 9.17) is 27.9 Å². The molecular weight excluding hydrogens is 678 g/mol. The lowest BCUT2D eigenvalue weighted by atomic mass is 10.0. The molecule has 4 N–H and O–H groups in total. The Morgan fingerprint density at radius 1 is 0.980 bits per heavy atom. The monoisotopic (exact) mass is 718 g/mol. The number of nitrogens with one attached hydrogen (secondary N) is 4. The van der Waals surface area contributed by atoms with E-state index < -0.39 is 0 Å². The molecule has 1 atom stereocenters. The van der Waals surface area contributed by atoms with Crippen molar-refractivity contribution in [3.63, 3.8) is 0 Å². The zero-order valence-corrected chi connectivity index (χ0v) is 29.6. The van der Waals surface area contributed by atoms with Crippen LogP contribution in [0.15, 0.2) is 66.9 Å². The van der Waals surface area contributed by atoms with Gasteiger partial charge in [-0.25, -0.2) is 4.39 Å². The van der Waals surface area contributed by atoms with Gasteiger partial charge in [-0.2, -0.15) is 0 Å². The molecule has 2 aliphatic heterocycles. The maximum Gasteiger partial charge on any atom is 0.220 e. The van der Waals surface area contributed by atoms with Crippen molar-refractivity contribution in [1.29, 1.82) is 0 Å². The highest BCUT2D eigenvalue weighted by molar-refractivity contribution is 6.39. The summed E-state index contributed by atoms with van der Waals surface area (Å²) < 4.78 is 21.4. The molecule has 0 radical (unpaired) electrons. The first-order valence-electron chi connectivity index (χ1n) is 16.9. The molecule has 6 rings (SSSR count). The number of carbonyl (C=O) groups is 2. The first-order chi connectivity index (χ1) is 24.2. The van der Waals surface area contributed by atoms with Crippen molar-refractivity contribution >= 4 is 46.4 Å². The van der Waals surface area contributed by atoms with Crippen LogP contribution in [-0.2, 0) is 22.7 Å². The van der Waals surface area contributed by atoms with Crippen molar-refractivity contribution < 1.29 is 18.7 Å². The van der Waals surface area contributed by atoms with Gasteiger partial charge in [0.05, 0.1) is 34.2 Å². The Morgan fingerprint density at radius 3 is 2.48 bits per heavy atom. The lowest BCUT2D eigenvalue weighted by Gasteiger charge is -2.31. The zero-order chi connectivity index (χ0) is 35.2.